The van der Waals surface area contributed by atoms with E-state index in [9.17, 15) is 14.4 Å². The predicted octanol–water partition coefficient (Wildman–Crippen LogP) is 3.30. The number of carboxylic acids is 1. The van der Waals surface area contributed by atoms with Gasteiger partial charge in [0.05, 0.1) is 6.54 Å². The summed E-state index contributed by atoms with van der Waals surface area (Å²) in [5.74, 6) is -1.56. The van der Waals surface area contributed by atoms with Gasteiger partial charge in [0.15, 0.2) is 6.10 Å². The number of carboxylic acid groups (broad SMARTS) is 1. The van der Waals surface area contributed by atoms with Crippen LogP contribution in [0.2, 0.25) is 0 Å². The van der Waals surface area contributed by atoms with E-state index >= 15 is 0 Å². The average Bonchev–Trinajstić information content (AvgIpc) is 3.12. The van der Waals surface area contributed by atoms with Gasteiger partial charge in [-0.25, -0.2) is 9.59 Å². The third kappa shape index (κ3) is 6.10. The smallest absolute Gasteiger partial charge is 0.407 e. The normalized spacial score (nSPS) is 14.0. The number of ether oxygens (including phenoxy) is 2. The van der Waals surface area contributed by atoms with Crippen molar-refractivity contribution in [3.8, 4) is 11.1 Å². The highest BCUT2D eigenvalue weighted by atomic mass is 16.5. The molecule has 0 spiro atoms. The Morgan fingerprint density at radius 1 is 1.03 bits per heavy atom. The maximum Gasteiger partial charge on any atom is 0.407 e. The summed E-state index contributed by atoms with van der Waals surface area (Å²) in [6.45, 7) is 2.00. The number of carbonyl (C=O) groups excluding carboxylic acids is 2. The maximum absolute atomic E-state index is 12.5. The molecule has 33 heavy (non-hydrogen) atoms. The topological polar surface area (TPSA) is 114 Å². The van der Waals surface area contributed by atoms with Crippen molar-refractivity contribution in [1.82, 2.24) is 10.6 Å². The second kappa shape index (κ2) is 11.5. The Morgan fingerprint density at radius 2 is 1.64 bits per heavy atom. The summed E-state index contributed by atoms with van der Waals surface area (Å²) in [6.07, 6.45) is -0.326. The first kappa shape index (κ1) is 24.3. The van der Waals surface area contributed by atoms with Crippen molar-refractivity contribution in [1.29, 1.82) is 0 Å². The molecule has 2 aromatic rings. The number of hydrogen-bond acceptors (Lipinski definition) is 5. The highest BCUT2D eigenvalue weighted by molar-refractivity contribution is 5.80. The summed E-state index contributed by atoms with van der Waals surface area (Å²) < 4.78 is 10.4. The van der Waals surface area contributed by atoms with Gasteiger partial charge in [-0.15, -0.1) is 0 Å². The summed E-state index contributed by atoms with van der Waals surface area (Å²) in [7, 11) is 1.27. The fourth-order valence-corrected chi connectivity index (χ4v) is 4.15. The zero-order valence-electron chi connectivity index (χ0n) is 18.9. The van der Waals surface area contributed by atoms with E-state index in [1.807, 2.05) is 31.2 Å². The predicted molar refractivity (Wildman–Crippen MR) is 123 cm³/mol. The molecule has 8 nitrogen and oxygen atoms in total. The molecule has 0 heterocycles. The lowest BCUT2D eigenvalue weighted by Gasteiger charge is -2.20. The molecule has 176 valence electrons. The lowest BCUT2D eigenvalue weighted by molar-refractivity contribution is -0.148. The number of aliphatic carboxylic acids is 1. The number of fused-ring (bicyclic) bond motifs is 3. The first-order valence-corrected chi connectivity index (χ1v) is 11.1. The largest absolute Gasteiger partial charge is 0.479 e. The van der Waals surface area contributed by atoms with Crippen molar-refractivity contribution in [3.05, 3.63) is 59.7 Å². The van der Waals surface area contributed by atoms with E-state index in [1.54, 1.807) is 0 Å². The van der Waals surface area contributed by atoms with Gasteiger partial charge in [-0.2, -0.15) is 0 Å². The first-order chi connectivity index (χ1) is 15.9. The van der Waals surface area contributed by atoms with Crippen molar-refractivity contribution in [2.45, 2.75) is 44.2 Å². The number of methoxy groups -OCH3 is 1. The second-order valence-corrected chi connectivity index (χ2v) is 8.03. The molecule has 2 unspecified atom stereocenters. The van der Waals surface area contributed by atoms with E-state index in [1.165, 1.54) is 7.11 Å². The number of rotatable bonds is 11. The minimum atomic E-state index is -1.15. The molecule has 0 bridgehead atoms. The Balaban J connectivity index is 1.55. The van der Waals surface area contributed by atoms with Gasteiger partial charge in [0.1, 0.15) is 6.61 Å². The van der Waals surface area contributed by atoms with Crippen LogP contribution in [0, 0.1) is 0 Å². The molecule has 0 saturated heterocycles. The second-order valence-electron chi connectivity index (χ2n) is 8.03. The fourth-order valence-electron chi connectivity index (χ4n) is 4.15. The standard InChI is InChI=1S/C25H30N2O6/c1-3-8-16(13-23(28)26-14-22(32-2)24(29)30)27-25(31)33-15-21-19-11-6-4-9-17(19)18-10-5-7-12-20(18)21/h4-7,9-12,16,21-22H,3,8,13-15H2,1-2H3,(H,26,28)(H,27,31)(H,29,30). The molecule has 8 heteroatoms. The van der Waals surface area contributed by atoms with Gasteiger partial charge in [0, 0.05) is 25.5 Å². The molecule has 0 fully saturated rings. The summed E-state index contributed by atoms with van der Waals surface area (Å²) in [5.41, 5.74) is 4.56. The molecule has 0 radical (unpaired) electrons. The Morgan fingerprint density at radius 3 is 2.18 bits per heavy atom. The number of alkyl carbamates (subject to hydrolysis) is 1. The molecule has 3 N–H and O–H groups in total. The summed E-state index contributed by atoms with van der Waals surface area (Å²) >= 11 is 0. The first-order valence-electron chi connectivity index (χ1n) is 11.1. The Hall–Kier alpha value is -3.39. The van der Waals surface area contributed by atoms with Gasteiger partial charge in [-0.3, -0.25) is 4.79 Å². The molecule has 2 aromatic carbocycles. The van der Waals surface area contributed by atoms with Gasteiger partial charge in [-0.05, 0) is 28.7 Å². The van der Waals surface area contributed by atoms with Crippen LogP contribution < -0.4 is 10.6 Å². The van der Waals surface area contributed by atoms with Gasteiger partial charge < -0.3 is 25.2 Å². The maximum atomic E-state index is 12.5. The van der Waals surface area contributed by atoms with Crippen LogP contribution in [-0.4, -0.2) is 55.5 Å². The number of carbonyl (C=O) groups is 3. The van der Waals surface area contributed by atoms with Crippen molar-refractivity contribution >= 4 is 18.0 Å². The molecular weight excluding hydrogens is 424 g/mol. The Labute approximate surface area is 193 Å². The van der Waals surface area contributed by atoms with E-state index < -0.39 is 24.2 Å². The number of hydrogen-bond donors (Lipinski definition) is 3. The molecular formula is C25H30N2O6. The van der Waals surface area contributed by atoms with Gasteiger partial charge in [0.2, 0.25) is 5.91 Å². The van der Waals surface area contributed by atoms with Crippen LogP contribution in [-0.2, 0) is 19.1 Å². The van der Waals surface area contributed by atoms with Crippen LogP contribution in [0.1, 0.15) is 43.2 Å². The van der Waals surface area contributed by atoms with Crippen molar-refractivity contribution in [2.24, 2.45) is 0 Å². The lowest BCUT2D eigenvalue weighted by Crippen LogP contribution is -2.42. The number of amides is 2. The average molecular weight is 455 g/mol. The Kier molecular flexibility index (Phi) is 8.43. The highest BCUT2D eigenvalue weighted by Gasteiger charge is 2.29. The van der Waals surface area contributed by atoms with Crippen molar-refractivity contribution in [2.75, 3.05) is 20.3 Å². The molecule has 0 aromatic heterocycles. The van der Waals surface area contributed by atoms with Crippen LogP contribution in [0.25, 0.3) is 11.1 Å². The minimum absolute atomic E-state index is 0.0219. The fraction of sp³-hybridized carbons (Fsp3) is 0.400. The number of benzene rings is 2. The van der Waals surface area contributed by atoms with E-state index in [4.69, 9.17) is 14.6 Å². The quantitative estimate of drug-likeness (QED) is 0.480. The van der Waals surface area contributed by atoms with E-state index in [0.717, 1.165) is 28.7 Å². The van der Waals surface area contributed by atoms with E-state index in [-0.39, 0.29) is 31.4 Å². The molecule has 0 saturated carbocycles. The third-order valence-corrected chi connectivity index (χ3v) is 5.78. The minimum Gasteiger partial charge on any atom is -0.479 e. The molecule has 1 aliphatic rings. The SMILES string of the molecule is CCCC(CC(=O)NCC(OC)C(=O)O)NC(=O)OCC1c2ccccc2-c2ccccc21. The molecule has 2 atom stereocenters. The van der Waals surface area contributed by atoms with Crippen LogP contribution in [0.3, 0.4) is 0 Å². The lowest BCUT2D eigenvalue weighted by atomic mass is 9.98. The van der Waals surface area contributed by atoms with Crippen molar-refractivity contribution < 1.29 is 29.0 Å². The van der Waals surface area contributed by atoms with Crippen LogP contribution in [0.15, 0.2) is 48.5 Å². The van der Waals surface area contributed by atoms with Gasteiger partial charge in [-0.1, -0.05) is 61.9 Å². The van der Waals surface area contributed by atoms with Gasteiger partial charge in [0.25, 0.3) is 0 Å². The summed E-state index contributed by atoms with van der Waals surface area (Å²) in [6, 6.07) is 15.8. The molecule has 1 aliphatic carbocycles. The molecule has 2 amide bonds. The van der Waals surface area contributed by atoms with E-state index in [2.05, 4.69) is 34.9 Å². The highest BCUT2D eigenvalue weighted by Crippen LogP contribution is 2.44. The molecule has 0 aliphatic heterocycles. The van der Waals surface area contributed by atoms with Crippen molar-refractivity contribution in [3.63, 3.8) is 0 Å². The Bertz CT molecular complexity index is 947. The van der Waals surface area contributed by atoms with Crippen LogP contribution in [0.4, 0.5) is 4.79 Å². The summed E-state index contributed by atoms with van der Waals surface area (Å²) in [4.78, 5) is 35.8. The van der Waals surface area contributed by atoms with E-state index in [0.29, 0.717) is 6.42 Å². The monoisotopic (exact) mass is 454 g/mol. The van der Waals surface area contributed by atoms with Crippen LogP contribution >= 0.6 is 0 Å². The van der Waals surface area contributed by atoms with Gasteiger partial charge >= 0.3 is 12.1 Å². The third-order valence-electron chi connectivity index (χ3n) is 5.78. The zero-order valence-corrected chi connectivity index (χ0v) is 18.9. The number of nitrogens with one attached hydrogen (secondary N) is 2. The summed E-state index contributed by atoms with van der Waals surface area (Å²) in [5, 5.41) is 14.3. The molecule has 3 rings (SSSR count). The van der Waals surface area contributed by atoms with Crippen LogP contribution in [0.5, 0.6) is 0 Å². The zero-order chi connectivity index (χ0) is 23.8.